The fourth-order valence-electron chi connectivity index (χ4n) is 4.20. The van der Waals surface area contributed by atoms with Crippen LogP contribution in [-0.2, 0) is 38.2 Å². The van der Waals surface area contributed by atoms with E-state index in [1.807, 2.05) is 0 Å². The molecule has 3 rings (SSSR count). The number of halogens is 2. The van der Waals surface area contributed by atoms with E-state index in [0.717, 1.165) is 18.3 Å². The van der Waals surface area contributed by atoms with Crippen molar-refractivity contribution in [3.05, 3.63) is 71.3 Å². The Bertz CT molecular complexity index is 849. The van der Waals surface area contributed by atoms with E-state index in [1.54, 1.807) is 0 Å². The van der Waals surface area contributed by atoms with Gasteiger partial charge in [0.1, 0.15) is 0 Å². The van der Waals surface area contributed by atoms with Crippen molar-refractivity contribution in [1.82, 2.24) is 4.90 Å². The van der Waals surface area contributed by atoms with Gasteiger partial charge in [-0.2, -0.15) is 6.92 Å². The van der Waals surface area contributed by atoms with Gasteiger partial charge in [-0.25, -0.2) is 0 Å². The summed E-state index contributed by atoms with van der Waals surface area (Å²) in [6, 6.07) is 17.3. The molecular formula is C28H42Cl2NOZr-. The van der Waals surface area contributed by atoms with Gasteiger partial charge in [0.05, 0.1) is 5.75 Å². The molecule has 0 fully saturated rings. The first-order valence-corrected chi connectivity index (χ1v) is 18.0. The van der Waals surface area contributed by atoms with E-state index in [4.69, 9.17) is 21.8 Å². The molecule has 0 bridgehead atoms. The van der Waals surface area contributed by atoms with E-state index >= 15 is 0 Å². The van der Waals surface area contributed by atoms with Crippen LogP contribution in [0.5, 0.6) is 5.75 Å². The zero-order chi connectivity index (χ0) is 25.4. The molecule has 0 amide bonds. The SMILES string of the molecule is CCC.C[C-]1Oc2c(cccc2C(C)(C)C)CC1(C)N(C)C(C)(C)c1ccccc1.[Cl][Zr][Cl]. The molecular weight excluding hydrogens is 528 g/mol. The molecule has 33 heavy (non-hydrogen) atoms. The molecule has 0 saturated heterocycles. The molecule has 2 aromatic carbocycles. The Morgan fingerprint density at radius 1 is 1.00 bits per heavy atom. The van der Waals surface area contributed by atoms with Crippen LogP contribution in [0, 0.1) is 6.10 Å². The molecule has 2 aromatic rings. The van der Waals surface area contributed by atoms with Crippen molar-refractivity contribution in [3.8, 4) is 5.75 Å². The second-order valence-corrected chi connectivity index (χ2v) is 14.1. The van der Waals surface area contributed by atoms with Gasteiger partial charge in [-0.1, -0.05) is 102 Å². The van der Waals surface area contributed by atoms with Crippen LogP contribution in [0.25, 0.3) is 0 Å². The Morgan fingerprint density at radius 3 is 2.00 bits per heavy atom. The van der Waals surface area contributed by atoms with Crippen LogP contribution < -0.4 is 4.74 Å². The van der Waals surface area contributed by atoms with Crippen molar-refractivity contribution in [2.45, 2.75) is 91.6 Å². The number of rotatable bonds is 3. The van der Waals surface area contributed by atoms with E-state index in [-0.39, 0.29) is 16.5 Å². The fourth-order valence-corrected chi connectivity index (χ4v) is 4.20. The van der Waals surface area contributed by atoms with E-state index in [9.17, 15) is 0 Å². The quantitative estimate of drug-likeness (QED) is 0.342. The maximum absolute atomic E-state index is 6.53. The molecule has 0 spiro atoms. The second kappa shape index (κ2) is 13.1. The summed E-state index contributed by atoms with van der Waals surface area (Å²) in [5.74, 6) is 1.06. The first kappa shape index (κ1) is 30.7. The summed E-state index contributed by atoms with van der Waals surface area (Å²) in [6.45, 7) is 20.0. The molecule has 1 heterocycles. The Labute approximate surface area is 222 Å². The Kier molecular flexibility index (Phi) is 12.2. The van der Waals surface area contributed by atoms with Crippen molar-refractivity contribution in [3.63, 3.8) is 0 Å². The molecule has 1 aliphatic rings. The van der Waals surface area contributed by atoms with Crippen LogP contribution >= 0.6 is 17.0 Å². The first-order chi connectivity index (χ1) is 15.3. The van der Waals surface area contributed by atoms with Crippen LogP contribution in [0.1, 0.15) is 85.4 Å². The van der Waals surface area contributed by atoms with Crippen molar-refractivity contribution in [1.29, 1.82) is 0 Å². The molecule has 0 aromatic heterocycles. The number of fused-ring (bicyclic) bond motifs is 1. The average Bonchev–Trinajstić information content (AvgIpc) is 2.74. The summed E-state index contributed by atoms with van der Waals surface area (Å²) >= 11 is -0.826. The number of nitrogens with zero attached hydrogens (tertiary/aromatic N) is 1. The normalized spacial score (nSPS) is 18.2. The van der Waals surface area contributed by atoms with Crippen molar-refractivity contribution in [2.24, 2.45) is 0 Å². The number of benzene rings is 2. The minimum absolute atomic E-state index is 0.0641. The predicted octanol–water partition coefficient (Wildman–Crippen LogP) is 8.89. The van der Waals surface area contributed by atoms with Gasteiger partial charge in [0.25, 0.3) is 0 Å². The van der Waals surface area contributed by atoms with Gasteiger partial charge in [-0.15, -0.1) is 6.10 Å². The molecule has 5 heteroatoms. The van der Waals surface area contributed by atoms with Crippen molar-refractivity contribution < 1.29 is 25.6 Å². The Morgan fingerprint density at radius 2 is 1.52 bits per heavy atom. The monoisotopic (exact) mass is 568 g/mol. The van der Waals surface area contributed by atoms with Gasteiger partial charge < -0.3 is 9.64 Å². The summed E-state index contributed by atoms with van der Waals surface area (Å²) in [7, 11) is 12.1. The number of hydrogen-bond acceptors (Lipinski definition) is 2. The third kappa shape index (κ3) is 7.57. The molecule has 2 nitrogen and oxygen atoms in total. The minimum atomic E-state index is -0.826. The Hall–Kier alpha value is -0.337. The molecule has 1 aliphatic heterocycles. The molecule has 1 atom stereocenters. The molecule has 184 valence electrons. The number of likely N-dealkylation sites (N-methyl/N-ethyl adjacent to an activating group) is 1. The number of para-hydroxylation sites is 1. The first-order valence-electron chi connectivity index (χ1n) is 11.7. The zero-order valence-corrected chi connectivity index (χ0v) is 26.1. The summed E-state index contributed by atoms with van der Waals surface area (Å²) in [6.07, 6.45) is 3.27. The second-order valence-electron chi connectivity index (χ2n) is 10.4. The summed E-state index contributed by atoms with van der Waals surface area (Å²) in [5.41, 5.74) is 3.67. The van der Waals surface area contributed by atoms with Gasteiger partial charge in [0.15, 0.2) is 0 Å². The standard InChI is InChI=1S/C25H34NO.C3H8.2ClH.Zr/c1-18-25(7,26(8)24(5,6)20-14-10-9-11-15-20)17-19-13-12-16-21(22(19)27-18)23(2,3)4;1-3-2;;;/h9-16H,17H2,1-8H3;3H2,1-2H3;2*1H;/q-1;;;;+2/p-2. The summed E-state index contributed by atoms with van der Waals surface area (Å²) in [5, 5.41) is 0. The van der Waals surface area contributed by atoms with E-state index in [2.05, 4.69) is 123 Å². The molecule has 0 saturated carbocycles. The van der Waals surface area contributed by atoms with Crippen LogP contribution in [0.3, 0.4) is 0 Å². The Balaban J connectivity index is 0.000000819. The van der Waals surface area contributed by atoms with Gasteiger partial charge in [-0.05, 0) is 49.4 Å². The van der Waals surface area contributed by atoms with Gasteiger partial charge in [0, 0.05) is 5.54 Å². The molecule has 0 radical (unpaired) electrons. The summed E-state index contributed by atoms with van der Waals surface area (Å²) in [4.78, 5) is 2.47. The molecule has 0 aliphatic carbocycles. The van der Waals surface area contributed by atoms with E-state index < -0.39 is 20.8 Å². The van der Waals surface area contributed by atoms with Crippen LogP contribution in [-0.4, -0.2) is 17.5 Å². The third-order valence-corrected chi connectivity index (χ3v) is 6.51. The van der Waals surface area contributed by atoms with E-state index in [1.165, 1.54) is 23.1 Å². The van der Waals surface area contributed by atoms with Gasteiger partial charge in [-0.3, -0.25) is 0 Å². The predicted molar refractivity (Wildman–Crippen MR) is 142 cm³/mol. The fraction of sp³-hybridized carbons (Fsp3) is 0.536. The summed E-state index contributed by atoms with van der Waals surface area (Å²) < 4.78 is 6.53. The maximum atomic E-state index is 6.53. The topological polar surface area (TPSA) is 12.5 Å². The third-order valence-electron chi connectivity index (χ3n) is 6.51. The van der Waals surface area contributed by atoms with Gasteiger partial charge >= 0.3 is 37.9 Å². The molecule has 0 N–H and O–H groups in total. The zero-order valence-electron chi connectivity index (χ0n) is 22.1. The van der Waals surface area contributed by atoms with E-state index in [0.29, 0.717) is 0 Å². The van der Waals surface area contributed by atoms with Crippen molar-refractivity contribution in [2.75, 3.05) is 7.05 Å². The number of ether oxygens (including phenoxy) is 1. The van der Waals surface area contributed by atoms with Crippen LogP contribution in [0.4, 0.5) is 0 Å². The van der Waals surface area contributed by atoms with Crippen LogP contribution in [0.2, 0.25) is 0 Å². The number of hydrogen-bond donors (Lipinski definition) is 0. The van der Waals surface area contributed by atoms with Gasteiger partial charge in [0.2, 0.25) is 0 Å². The molecule has 1 unspecified atom stereocenters. The average molecular weight is 571 g/mol. The van der Waals surface area contributed by atoms with Crippen LogP contribution in [0.15, 0.2) is 48.5 Å². The van der Waals surface area contributed by atoms with Crippen molar-refractivity contribution >= 4 is 17.0 Å².